The second-order valence-electron chi connectivity index (χ2n) is 4.17. The normalized spacial score (nSPS) is 9.92. The second-order valence-corrected chi connectivity index (χ2v) is 5.00. The van der Waals surface area contributed by atoms with Crippen molar-refractivity contribution in [1.82, 2.24) is 9.97 Å². The van der Waals surface area contributed by atoms with E-state index in [0.29, 0.717) is 0 Å². The van der Waals surface area contributed by atoms with Crippen LogP contribution in [-0.2, 0) is 46.3 Å². The molecule has 0 aliphatic rings. The monoisotopic (exact) mass is 442 g/mol. The van der Waals surface area contributed by atoms with Crippen molar-refractivity contribution in [1.29, 1.82) is 0 Å². The second kappa shape index (κ2) is 12.7. The molecule has 0 atom stereocenters. The van der Waals surface area contributed by atoms with Crippen molar-refractivity contribution in [2.45, 2.75) is 0 Å². The molecule has 0 bridgehead atoms. The SMILES string of the molecule is [Mo].[SH2+]C=C([SH2+])c1cnc2ccccc2n1.[c-]1[c-][c-][cH-][c-]1.[c-]1[c-][c-][cH-][c-]1. The van der Waals surface area contributed by atoms with Crippen molar-refractivity contribution in [3.05, 3.63) is 102 Å². The number of hydrogen-bond donors (Lipinski definition) is 0. The molecule has 0 unspecified atom stereocenters. The first-order valence-electron chi connectivity index (χ1n) is 6.78. The molecule has 128 valence electrons. The number of benzene rings is 1. The quantitative estimate of drug-likeness (QED) is 0.258. The number of aromatic nitrogens is 2. The maximum absolute atomic E-state index is 4.44. The van der Waals surface area contributed by atoms with E-state index in [0.717, 1.165) is 21.6 Å². The molecule has 0 saturated heterocycles. The van der Waals surface area contributed by atoms with Gasteiger partial charge in [-0.3, -0.25) is 4.98 Å². The van der Waals surface area contributed by atoms with Crippen molar-refractivity contribution >= 4 is 41.2 Å². The van der Waals surface area contributed by atoms with Crippen LogP contribution >= 0.6 is 0 Å². The zero-order chi connectivity index (χ0) is 17.0. The van der Waals surface area contributed by atoms with Crippen LogP contribution in [0.4, 0.5) is 0 Å². The molecule has 0 radical (unpaired) electrons. The van der Waals surface area contributed by atoms with E-state index < -0.39 is 0 Å². The zero-order valence-corrected chi connectivity index (χ0v) is 16.9. The summed E-state index contributed by atoms with van der Waals surface area (Å²) in [4.78, 5) is 9.60. The number of fused-ring (bicyclic) bond motifs is 1. The molecule has 25 heavy (non-hydrogen) atoms. The molecule has 0 fully saturated rings. The van der Waals surface area contributed by atoms with Crippen LogP contribution in [0.2, 0.25) is 0 Å². The van der Waals surface area contributed by atoms with Gasteiger partial charge >= 0.3 is 0 Å². The van der Waals surface area contributed by atoms with E-state index in [-0.39, 0.29) is 21.1 Å². The summed E-state index contributed by atoms with van der Waals surface area (Å²) in [5.41, 5.74) is 2.62. The summed E-state index contributed by atoms with van der Waals surface area (Å²) in [7, 11) is 0. The van der Waals surface area contributed by atoms with Crippen LogP contribution < -0.4 is 0 Å². The van der Waals surface area contributed by atoms with Gasteiger partial charge in [0.15, 0.2) is 5.41 Å². The van der Waals surface area contributed by atoms with Gasteiger partial charge in [-0.1, -0.05) is 12.1 Å². The Balaban J connectivity index is 0.000000233. The largest absolute Gasteiger partial charge is 0.999 e. The molecular formula is C20H12MoN2S2-8. The van der Waals surface area contributed by atoms with E-state index in [1.54, 1.807) is 23.7 Å². The van der Waals surface area contributed by atoms with Crippen LogP contribution in [0.5, 0.6) is 0 Å². The Kier molecular flexibility index (Phi) is 10.9. The molecule has 4 rings (SSSR count). The van der Waals surface area contributed by atoms with Gasteiger partial charge in [-0.25, -0.2) is 4.98 Å². The Hall–Kier alpha value is -1.61. The maximum atomic E-state index is 4.44. The first-order chi connectivity index (χ1) is 11.8. The Labute approximate surface area is 173 Å². The molecular weight excluding hydrogens is 428 g/mol. The Morgan fingerprint density at radius 2 is 1.44 bits per heavy atom. The van der Waals surface area contributed by atoms with E-state index in [1.165, 1.54) is 0 Å². The maximum Gasteiger partial charge on any atom is 0.224 e. The van der Waals surface area contributed by atoms with Gasteiger partial charge in [-0.2, -0.15) is 0 Å². The van der Waals surface area contributed by atoms with E-state index in [4.69, 9.17) is 0 Å². The number of para-hydroxylation sites is 2. The van der Waals surface area contributed by atoms with Crippen LogP contribution in [0.15, 0.2) is 48.0 Å². The summed E-state index contributed by atoms with van der Waals surface area (Å²) in [6.07, 6.45) is 1.74. The van der Waals surface area contributed by atoms with Crippen molar-refractivity contribution in [2.24, 2.45) is 0 Å². The van der Waals surface area contributed by atoms with Crippen LogP contribution in [0.3, 0.4) is 0 Å². The molecule has 0 spiro atoms. The van der Waals surface area contributed by atoms with Crippen LogP contribution in [0.1, 0.15) is 5.69 Å². The minimum absolute atomic E-state index is 0. The molecule has 0 aliphatic heterocycles. The van der Waals surface area contributed by atoms with Gasteiger partial charge in [0.2, 0.25) is 4.91 Å². The van der Waals surface area contributed by atoms with Gasteiger partial charge in [-0.05, 0) is 24.8 Å². The number of nitrogens with zero attached hydrogens (tertiary/aromatic N) is 2. The predicted molar refractivity (Wildman–Crippen MR) is 103 cm³/mol. The molecule has 0 saturated carbocycles. The fourth-order valence-electron chi connectivity index (χ4n) is 1.52. The Morgan fingerprint density at radius 1 is 0.920 bits per heavy atom. The molecule has 1 heterocycles. The average molecular weight is 440 g/mol. The van der Waals surface area contributed by atoms with E-state index in [1.807, 2.05) is 24.3 Å². The average Bonchev–Trinajstić information content (AvgIpc) is 3.39. The molecule has 4 aromatic rings. The molecule has 0 amide bonds. The van der Waals surface area contributed by atoms with Gasteiger partial charge in [0.1, 0.15) is 5.69 Å². The van der Waals surface area contributed by atoms with Gasteiger partial charge in [0.25, 0.3) is 0 Å². The first kappa shape index (κ1) is 21.4. The van der Waals surface area contributed by atoms with Gasteiger partial charge in [0.05, 0.1) is 17.2 Å². The standard InChI is InChI=1S/C10H8N2S2.2C5H.Mo/c13-6-10(14)9-5-11-7-3-1-2-4-8(7)12-9;2*1-2-4-5-3-1;/h1-6,13-14H;2*1H;/q;2*-5;/p+2. The molecule has 0 aliphatic carbocycles. The van der Waals surface area contributed by atoms with E-state index in [9.17, 15) is 0 Å². The molecule has 2 nitrogen and oxygen atoms in total. The molecule has 1 aromatic heterocycles. The zero-order valence-electron chi connectivity index (χ0n) is 12.9. The molecule has 5 heteroatoms. The number of hydrogen-bond acceptors (Lipinski definition) is 2. The third-order valence-corrected chi connectivity index (χ3v) is 3.55. The van der Waals surface area contributed by atoms with E-state index >= 15 is 0 Å². The van der Waals surface area contributed by atoms with Gasteiger partial charge in [0, 0.05) is 33.7 Å². The number of rotatable bonds is 1. The fourth-order valence-corrected chi connectivity index (χ4v) is 1.79. The van der Waals surface area contributed by atoms with E-state index in [2.05, 4.69) is 83.8 Å². The van der Waals surface area contributed by atoms with Crippen molar-refractivity contribution in [2.75, 3.05) is 0 Å². The van der Waals surface area contributed by atoms with Gasteiger partial charge in [-0.15, -0.1) is 0 Å². The third-order valence-electron chi connectivity index (χ3n) is 2.57. The van der Waals surface area contributed by atoms with Gasteiger partial charge < -0.3 is 60.7 Å². The molecule has 3 aromatic carbocycles. The smallest absolute Gasteiger partial charge is 0.224 e. The van der Waals surface area contributed by atoms with Crippen molar-refractivity contribution in [3.8, 4) is 0 Å². The minimum atomic E-state index is 0. The Bertz CT molecular complexity index is 780. The van der Waals surface area contributed by atoms with Crippen molar-refractivity contribution in [3.63, 3.8) is 0 Å². The van der Waals surface area contributed by atoms with Crippen LogP contribution in [-0.4, -0.2) is 9.97 Å². The minimum Gasteiger partial charge on any atom is -0.999 e. The summed E-state index contributed by atoms with van der Waals surface area (Å²) in [6, 6.07) is 31.8. The molecule has 0 N–H and O–H groups in total. The third kappa shape index (κ3) is 7.87. The first-order valence-corrected chi connectivity index (χ1v) is 7.85. The predicted octanol–water partition coefficient (Wildman–Crippen LogP) is 2.16. The Morgan fingerprint density at radius 3 is 1.88 bits per heavy atom. The van der Waals surface area contributed by atoms with Crippen molar-refractivity contribution < 1.29 is 21.1 Å². The summed E-state index contributed by atoms with van der Waals surface area (Å²) in [5.74, 6) is 0. The topological polar surface area (TPSA) is 25.8 Å². The van der Waals surface area contributed by atoms with Crippen LogP contribution in [0, 0.1) is 48.5 Å². The van der Waals surface area contributed by atoms with Crippen LogP contribution in [0.25, 0.3) is 15.9 Å². The summed E-state index contributed by atoms with van der Waals surface area (Å²) < 4.78 is 0. The summed E-state index contributed by atoms with van der Waals surface area (Å²) in [6.45, 7) is 0. The summed E-state index contributed by atoms with van der Waals surface area (Å²) in [5, 5.41) is 1.76. The summed E-state index contributed by atoms with van der Waals surface area (Å²) >= 11 is 6.72. The fraction of sp³-hybridized carbons (Fsp3) is 0.